The van der Waals surface area contributed by atoms with E-state index in [1.54, 1.807) is 0 Å². The van der Waals surface area contributed by atoms with Crippen molar-refractivity contribution >= 4 is 17.3 Å². The molecule has 0 bridgehead atoms. The van der Waals surface area contributed by atoms with Crippen LogP contribution in [0, 0.1) is 10.1 Å². The van der Waals surface area contributed by atoms with Crippen LogP contribution >= 0.6 is 0 Å². The highest BCUT2D eigenvalue weighted by Crippen LogP contribution is 2.30. The Bertz CT molecular complexity index is 685. The van der Waals surface area contributed by atoms with E-state index in [-0.39, 0.29) is 21.8 Å². The number of carbonyl (C=O) groups excluding carboxylic acids is 1. The van der Waals surface area contributed by atoms with Crippen molar-refractivity contribution < 1.29 is 22.9 Å². The fraction of sp³-hybridized carbons (Fsp3) is 0.0714. The van der Waals surface area contributed by atoms with Crippen LogP contribution < -0.4 is 4.90 Å². The Morgan fingerprint density at radius 2 is 1.55 bits per heavy atom. The van der Waals surface area contributed by atoms with Crippen LogP contribution in [0.15, 0.2) is 54.6 Å². The van der Waals surface area contributed by atoms with E-state index in [0.29, 0.717) is 0 Å². The van der Waals surface area contributed by atoms with Gasteiger partial charge in [0.05, 0.1) is 10.6 Å². The number of carbonyl (C=O) groups is 1. The fourth-order valence-electron chi connectivity index (χ4n) is 1.81. The number of non-ortho nitro benzene ring substituents is 1. The summed E-state index contributed by atoms with van der Waals surface area (Å²) in [6.45, 7) is 0. The molecule has 2 rings (SSSR count). The maximum Gasteiger partial charge on any atom is 0.491 e. The first-order valence-electron chi connectivity index (χ1n) is 6.01. The molecule has 1 amide bonds. The number of nitro benzene ring substituents is 1. The third-order valence-electron chi connectivity index (χ3n) is 2.80. The first kappa shape index (κ1) is 15.5. The van der Waals surface area contributed by atoms with Gasteiger partial charge in [-0.05, 0) is 24.3 Å². The molecule has 2 aromatic rings. The highest BCUT2D eigenvalue weighted by Gasteiger charge is 2.42. The van der Waals surface area contributed by atoms with E-state index in [1.807, 2.05) is 0 Å². The molecule has 0 heterocycles. The van der Waals surface area contributed by atoms with Crippen molar-refractivity contribution in [3.63, 3.8) is 0 Å². The second-order valence-electron chi connectivity index (χ2n) is 4.25. The van der Waals surface area contributed by atoms with Gasteiger partial charge in [-0.25, -0.2) is 4.90 Å². The Morgan fingerprint density at radius 1 is 1.00 bits per heavy atom. The van der Waals surface area contributed by atoms with Crippen molar-refractivity contribution in [3.05, 3.63) is 70.3 Å². The number of amides is 1. The average molecular weight is 310 g/mol. The lowest BCUT2D eigenvalue weighted by molar-refractivity contribution is -0.384. The predicted molar refractivity (Wildman–Crippen MR) is 72.4 cm³/mol. The summed E-state index contributed by atoms with van der Waals surface area (Å²) in [5, 5.41) is 10.5. The molecule has 22 heavy (non-hydrogen) atoms. The standard InChI is InChI=1S/C14H9F3N2O3/c15-14(16,17)18(11-4-2-1-3-5-11)13(20)10-6-8-12(9-7-10)19(21)22/h1-9H. The fourth-order valence-corrected chi connectivity index (χ4v) is 1.81. The van der Waals surface area contributed by atoms with E-state index < -0.39 is 17.1 Å². The number of anilines is 1. The van der Waals surface area contributed by atoms with Gasteiger partial charge in [0.2, 0.25) is 0 Å². The number of halogens is 3. The minimum atomic E-state index is -4.92. The molecule has 0 unspecified atom stereocenters. The second-order valence-corrected chi connectivity index (χ2v) is 4.25. The summed E-state index contributed by atoms with van der Waals surface area (Å²) >= 11 is 0. The maximum absolute atomic E-state index is 13.1. The molecule has 2 aromatic carbocycles. The van der Waals surface area contributed by atoms with Crippen LogP contribution in [0.4, 0.5) is 24.5 Å². The van der Waals surface area contributed by atoms with Crippen molar-refractivity contribution in [2.24, 2.45) is 0 Å². The van der Waals surface area contributed by atoms with Crippen molar-refractivity contribution in [1.82, 2.24) is 0 Å². The van der Waals surface area contributed by atoms with Gasteiger partial charge in [0.15, 0.2) is 0 Å². The van der Waals surface area contributed by atoms with E-state index in [1.165, 1.54) is 18.2 Å². The molecule has 114 valence electrons. The Labute approximate surface area is 122 Å². The van der Waals surface area contributed by atoms with Gasteiger partial charge < -0.3 is 0 Å². The lowest BCUT2D eigenvalue weighted by Crippen LogP contribution is -2.43. The van der Waals surface area contributed by atoms with Crippen LogP contribution in [0.1, 0.15) is 10.4 Å². The van der Waals surface area contributed by atoms with Gasteiger partial charge in [-0.3, -0.25) is 14.9 Å². The van der Waals surface area contributed by atoms with E-state index in [2.05, 4.69) is 0 Å². The van der Waals surface area contributed by atoms with Gasteiger partial charge in [-0.2, -0.15) is 0 Å². The summed E-state index contributed by atoms with van der Waals surface area (Å²) in [6.07, 6.45) is -4.92. The number of rotatable bonds is 3. The van der Waals surface area contributed by atoms with Crippen LogP contribution in [0.5, 0.6) is 0 Å². The van der Waals surface area contributed by atoms with Crippen molar-refractivity contribution in [2.75, 3.05) is 4.90 Å². The predicted octanol–water partition coefficient (Wildman–Crippen LogP) is 3.76. The van der Waals surface area contributed by atoms with E-state index in [9.17, 15) is 28.1 Å². The minimum absolute atomic E-state index is 0.299. The molecule has 0 N–H and O–H groups in total. The van der Waals surface area contributed by atoms with Gasteiger partial charge in [-0.15, -0.1) is 13.2 Å². The highest BCUT2D eigenvalue weighted by molar-refractivity contribution is 6.06. The maximum atomic E-state index is 13.1. The number of hydrogen-bond acceptors (Lipinski definition) is 3. The lowest BCUT2D eigenvalue weighted by Gasteiger charge is -2.25. The third kappa shape index (κ3) is 3.22. The Hall–Kier alpha value is -2.90. The molecule has 0 spiro atoms. The van der Waals surface area contributed by atoms with E-state index >= 15 is 0 Å². The van der Waals surface area contributed by atoms with Gasteiger partial charge in [0.1, 0.15) is 0 Å². The van der Waals surface area contributed by atoms with Crippen LogP contribution in [0.3, 0.4) is 0 Å². The van der Waals surface area contributed by atoms with Crippen molar-refractivity contribution in [2.45, 2.75) is 6.30 Å². The van der Waals surface area contributed by atoms with E-state index in [4.69, 9.17) is 0 Å². The number of para-hydroxylation sites is 1. The van der Waals surface area contributed by atoms with Crippen LogP contribution in [0.25, 0.3) is 0 Å². The molecule has 0 radical (unpaired) electrons. The molecule has 0 atom stereocenters. The van der Waals surface area contributed by atoms with Crippen LogP contribution in [-0.2, 0) is 0 Å². The van der Waals surface area contributed by atoms with E-state index in [0.717, 1.165) is 36.4 Å². The zero-order valence-electron chi connectivity index (χ0n) is 10.9. The van der Waals surface area contributed by atoms with Crippen LogP contribution in [0.2, 0.25) is 0 Å². The highest BCUT2D eigenvalue weighted by atomic mass is 19.4. The second kappa shape index (κ2) is 5.84. The molecule has 0 saturated heterocycles. The lowest BCUT2D eigenvalue weighted by atomic mass is 10.1. The summed E-state index contributed by atoms with van der Waals surface area (Å²) in [7, 11) is 0. The third-order valence-corrected chi connectivity index (χ3v) is 2.80. The largest absolute Gasteiger partial charge is 0.491 e. The molecular formula is C14H9F3N2O3. The molecule has 0 saturated carbocycles. The summed E-state index contributed by atoms with van der Waals surface area (Å²) in [5.41, 5.74) is -0.944. The van der Waals surface area contributed by atoms with Crippen LogP contribution in [-0.4, -0.2) is 17.1 Å². The monoisotopic (exact) mass is 310 g/mol. The number of benzene rings is 2. The SMILES string of the molecule is O=C(c1ccc([N+](=O)[O-])cc1)N(c1ccccc1)C(F)(F)F. The number of hydrogen-bond donors (Lipinski definition) is 0. The molecule has 8 heteroatoms. The van der Waals surface area contributed by atoms with Gasteiger partial charge in [0.25, 0.3) is 11.6 Å². The summed E-state index contributed by atoms with van der Waals surface area (Å²) in [5.74, 6) is -1.31. The zero-order valence-corrected chi connectivity index (χ0v) is 10.9. The number of nitro groups is 1. The molecule has 0 aliphatic heterocycles. The molecule has 5 nitrogen and oxygen atoms in total. The molecule has 0 aromatic heterocycles. The van der Waals surface area contributed by atoms with Crippen molar-refractivity contribution in [3.8, 4) is 0 Å². The molecule has 0 aliphatic rings. The Morgan fingerprint density at radius 3 is 2.00 bits per heavy atom. The average Bonchev–Trinajstić information content (AvgIpc) is 2.47. The Balaban J connectivity index is 2.40. The first-order chi connectivity index (χ1) is 10.3. The summed E-state index contributed by atoms with van der Waals surface area (Å²) in [6, 6.07) is 10.5. The topological polar surface area (TPSA) is 63.4 Å². The smallest absolute Gasteiger partial charge is 0.268 e. The summed E-state index contributed by atoms with van der Waals surface area (Å²) in [4.78, 5) is 21.6. The summed E-state index contributed by atoms with van der Waals surface area (Å²) < 4.78 is 39.4. The molecule has 0 aliphatic carbocycles. The number of nitrogens with zero attached hydrogens (tertiary/aromatic N) is 2. The number of alkyl halides is 3. The Kier molecular flexibility index (Phi) is 4.11. The molecule has 0 fully saturated rings. The van der Waals surface area contributed by atoms with Gasteiger partial charge >= 0.3 is 6.30 Å². The van der Waals surface area contributed by atoms with Crippen molar-refractivity contribution in [1.29, 1.82) is 0 Å². The van der Waals surface area contributed by atoms with Gasteiger partial charge in [-0.1, -0.05) is 18.2 Å². The quantitative estimate of drug-likeness (QED) is 0.492. The normalized spacial score (nSPS) is 11.0. The van der Waals surface area contributed by atoms with Gasteiger partial charge in [0, 0.05) is 17.7 Å². The minimum Gasteiger partial charge on any atom is -0.268 e. The molecular weight excluding hydrogens is 301 g/mol. The zero-order chi connectivity index (χ0) is 16.3. The first-order valence-corrected chi connectivity index (χ1v) is 6.01.